The molecule has 0 heterocycles. The Kier molecular flexibility index (Phi) is 1.45. The molecule has 1 aromatic rings. The second-order valence-electron chi connectivity index (χ2n) is 3.88. The zero-order valence-corrected chi connectivity index (χ0v) is 7.55. The van der Waals surface area contributed by atoms with E-state index in [2.05, 4.69) is 0 Å². The maximum atomic E-state index is 11.6. The Morgan fingerprint density at radius 2 is 1.86 bits per heavy atom. The normalized spacial score (nSPS) is 33.2. The number of hydrogen-bond acceptors (Lipinski definition) is 2. The summed E-state index contributed by atoms with van der Waals surface area (Å²) >= 11 is 0. The number of allylic oxidation sites excluding steroid dienone is 1. The molecule has 14 heavy (non-hydrogen) atoms. The van der Waals surface area contributed by atoms with Gasteiger partial charge in [-0.1, -0.05) is 30.3 Å². The highest BCUT2D eigenvalue weighted by Crippen LogP contribution is 2.50. The van der Waals surface area contributed by atoms with E-state index in [4.69, 9.17) is 0 Å². The van der Waals surface area contributed by atoms with Gasteiger partial charge in [0.2, 0.25) is 0 Å². The lowest BCUT2D eigenvalue weighted by atomic mass is 9.62. The molecule has 0 spiro atoms. The summed E-state index contributed by atoms with van der Waals surface area (Å²) < 4.78 is 0. The fourth-order valence-electron chi connectivity index (χ4n) is 2.50. The van der Waals surface area contributed by atoms with E-state index in [1.165, 1.54) is 6.08 Å². The maximum absolute atomic E-state index is 11.6. The molecule has 0 unspecified atom stereocenters. The summed E-state index contributed by atoms with van der Waals surface area (Å²) in [5, 5.41) is 9.72. The average molecular weight is 186 g/mol. The van der Waals surface area contributed by atoms with Crippen molar-refractivity contribution in [2.45, 2.75) is 17.9 Å². The second-order valence-corrected chi connectivity index (χ2v) is 3.88. The molecule has 1 aromatic carbocycles. The minimum Gasteiger partial charge on any atom is -0.388 e. The topological polar surface area (TPSA) is 37.3 Å². The lowest BCUT2D eigenvalue weighted by Gasteiger charge is -2.42. The van der Waals surface area contributed by atoms with Gasteiger partial charge in [-0.25, -0.2) is 0 Å². The van der Waals surface area contributed by atoms with E-state index in [9.17, 15) is 9.90 Å². The number of benzene rings is 1. The molecular weight excluding hydrogens is 176 g/mol. The van der Waals surface area contributed by atoms with E-state index in [1.807, 2.05) is 24.3 Å². The third-order valence-corrected chi connectivity index (χ3v) is 3.18. The van der Waals surface area contributed by atoms with E-state index in [0.29, 0.717) is 0 Å². The quantitative estimate of drug-likeness (QED) is 0.664. The molecule has 0 saturated heterocycles. The van der Waals surface area contributed by atoms with Crippen LogP contribution in [0.3, 0.4) is 0 Å². The SMILES string of the molecule is O=C1C=C[C@H](O)[C@H]2c3ccccc3[C@@H]12. The van der Waals surface area contributed by atoms with Gasteiger partial charge in [0.1, 0.15) is 0 Å². The van der Waals surface area contributed by atoms with Crippen molar-refractivity contribution in [2.24, 2.45) is 0 Å². The van der Waals surface area contributed by atoms with Crippen molar-refractivity contribution in [2.75, 3.05) is 0 Å². The van der Waals surface area contributed by atoms with Crippen molar-refractivity contribution in [3.05, 3.63) is 47.5 Å². The summed E-state index contributed by atoms with van der Waals surface area (Å²) in [5.41, 5.74) is 2.22. The predicted molar refractivity (Wildman–Crippen MR) is 52.1 cm³/mol. The molecular formula is C12H10O2. The fraction of sp³-hybridized carbons (Fsp3) is 0.250. The molecule has 0 aromatic heterocycles. The first-order chi connectivity index (χ1) is 6.79. The number of rotatable bonds is 0. The van der Waals surface area contributed by atoms with Crippen molar-refractivity contribution in [1.82, 2.24) is 0 Å². The highest BCUT2D eigenvalue weighted by molar-refractivity contribution is 5.99. The zero-order valence-electron chi connectivity index (χ0n) is 7.55. The standard InChI is InChI=1S/C12H10O2/c13-9-5-6-10(14)12-8-4-2-1-3-7(8)11(9)12/h1-6,9,11-13H/t9-,11+,12-/m0/s1. The van der Waals surface area contributed by atoms with Gasteiger partial charge in [-0.2, -0.15) is 0 Å². The number of carbonyl (C=O) groups excluding carboxylic acids is 1. The summed E-state index contributed by atoms with van der Waals surface area (Å²) in [7, 11) is 0. The van der Waals surface area contributed by atoms with Gasteiger partial charge < -0.3 is 5.11 Å². The van der Waals surface area contributed by atoms with Crippen LogP contribution in [0.2, 0.25) is 0 Å². The number of ketones is 1. The average Bonchev–Trinajstić information content (AvgIpc) is 2.16. The number of carbonyl (C=O) groups is 1. The Hall–Kier alpha value is -1.41. The summed E-state index contributed by atoms with van der Waals surface area (Å²) in [6.07, 6.45) is 2.61. The van der Waals surface area contributed by atoms with Gasteiger partial charge in [-0.15, -0.1) is 0 Å². The Morgan fingerprint density at radius 3 is 2.64 bits per heavy atom. The highest BCUT2D eigenvalue weighted by atomic mass is 16.3. The maximum Gasteiger partial charge on any atom is 0.163 e. The zero-order chi connectivity index (χ0) is 9.71. The van der Waals surface area contributed by atoms with Crippen LogP contribution in [0, 0.1) is 0 Å². The van der Waals surface area contributed by atoms with E-state index >= 15 is 0 Å². The van der Waals surface area contributed by atoms with E-state index in [0.717, 1.165) is 11.1 Å². The number of aliphatic hydroxyl groups excluding tert-OH is 1. The van der Waals surface area contributed by atoms with Crippen LogP contribution in [-0.4, -0.2) is 17.0 Å². The van der Waals surface area contributed by atoms with E-state index < -0.39 is 6.10 Å². The van der Waals surface area contributed by atoms with Crippen molar-refractivity contribution in [3.8, 4) is 0 Å². The van der Waals surface area contributed by atoms with Crippen LogP contribution in [-0.2, 0) is 4.79 Å². The molecule has 3 atom stereocenters. The summed E-state index contributed by atoms with van der Waals surface area (Å²) in [6.45, 7) is 0. The lowest BCUT2D eigenvalue weighted by Crippen LogP contribution is -2.39. The molecule has 0 saturated carbocycles. The first-order valence-electron chi connectivity index (χ1n) is 4.78. The van der Waals surface area contributed by atoms with Crippen molar-refractivity contribution in [1.29, 1.82) is 0 Å². The Morgan fingerprint density at radius 1 is 1.14 bits per heavy atom. The van der Waals surface area contributed by atoms with Gasteiger partial charge in [0, 0.05) is 5.92 Å². The Bertz CT molecular complexity index is 434. The summed E-state index contributed by atoms with van der Waals surface area (Å²) in [4.78, 5) is 11.6. The molecule has 70 valence electrons. The van der Waals surface area contributed by atoms with Crippen molar-refractivity contribution in [3.63, 3.8) is 0 Å². The minimum atomic E-state index is -0.493. The van der Waals surface area contributed by atoms with Crippen LogP contribution in [0.25, 0.3) is 0 Å². The van der Waals surface area contributed by atoms with Crippen LogP contribution >= 0.6 is 0 Å². The molecule has 1 N–H and O–H groups in total. The van der Waals surface area contributed by atoms with Crippen LogP contribution < -0.4 is 0 Å². The fourth-order valence-corrected chi connectivity index (χ4v) is 2.50. The first-order valence-corrected chi connectivity index (χ1v) is 4.78. The molecule has 2 aliphatic rings. The first kappa shape index (κ1) is 7.94. The Balaban J connectivity index is 2.14. The van der Waals surface area contributed by atoms with Gasteiger partial charge in [0.05, 0.1) is 12.0 Å². The van der Waals surface area contributed by atoms with Crippen molar-refractivity contribution >= 4 is 5.78 Å². The Labute approximate surface area is 81.9 Å². The van der Waals surface area contributed by atoms with Gasteiger partial charge >= 0.3 is 0 Å². The van der Waals surface area contributed by atoms with Gasteiger partial charge in [-0.05, 0) is 17.2 Å². The summed E-state index contributed by atoms with van der Waals surface area (Å²) in [5.74, 6) is 0.0360. The smallest absolute Gasteiger partial charge is 0.163 e. The molecule has 0 amide bonds. The minimum absolute atomic E-state index is 0.00343. The van der Waals surface area contributed by atoms with Crippen LogP contribution in [0.15, 0.2) is 36.4 Å². The van der Waals surface area contributed by atoms with Gasteiger partial charge in [0.25, 0.3) is 0 Å². The lowest BCUT2D eigenvalue weighted by molar-refractivity contribution is -0.118. The predicted octanol–water partition coefficient (Wildman–Crippen LogP) is 1.37. The van der Waals surface area contributed by atoms with E-state index in [1.54, 1.807) is 6.08 Å². The third-order valence-electron chi connectivity index (χ3n) is 3.18. The van der Waals surface area contributed by atoms with Gasteiger partial charge in [0.15, 0.2) is 5.78 Å². The summed E-state index contributed by atoms with van der Waals surface area (Å²) in [6, 6.07) is 7.85. The molecule has 0 aliphatic heterocycles. The molecule has 0 bridgehead atoms. The second kappa shape index (κ2) is 2.55. The van der Waals surface area contributed by atoms with Crippen molar-refractivity contribution < 1.29 is 9.90 Å². The van der Waals surface area contributed by atoms with Crippen LogP contribution in [0.1, 0.15) is 23.0 Å². The molecule has 0 fully saturated rings. The monoisotopic (exact) mass is 186 g/mol. The number of hydrogen-bond donors (Lipinski definition) is 1. The molecule has 3 rings (SSSR count). The molecule has 2 aliphatic carbocycles. The molecule has 0 radical (unpaired) electrons. The largest absolute Gasteiger partial charge is 0.388 e. The van der Waals surface area contributed by atoms with Crippen LogP contribution in [0.4, 0.5) is 0 Å². The number of fused-ring (bicyclic) bond motifs is 4. The number of aliphatic hydroxyl groups is 1. The highest BCUT2D eigenvalue weighted by Gasteiger charge is 2.46. The van der Waals surface area contributed by atoms with E-state index in [-0.39, 0.29) is 17.6 Å². The third kappa shape index (κ3) is 0.814. The molecule has 2 nitrogen and oxygen atoms in total. The van der Waals surface area contributed by atoms with Crippen LogP contribution in [0.5, 0.6) is 0 Å². The van der Waals surface area contributed by atoms with Gasteiger partial charge in [-0.3, -0.25) is 4.79 Å². The molecule has 2 heteroatoms.